The van der Waals surface area contributed by atoms with E-state index < -0.39 is 11.9 Å². The van der Waals surface area contributed by atoms with Crippen molar-refractivity contribution >= 4 is 12.3 Å². The lowest BCUT2D eigenvalue weighted by Gasteiger charge is -2.54. The number of fused-ring (bicyclic) bond motifs is 1. The van der Waals surface area contributed by atoms with E-state index in [0.717, 1.165) is 31.1 Å². The third kappa shape index (κ3) is 2.12. The highest BCUT2D eigenvalue weighted by molar-refractivity contribution is 5.94. The van der Waals surface area contributed by atoms with Crippen molar-refractivity contribution in [2.24, 2.45) is 34.5 Å². The maximum absolute atomic E-state index is 12.0. The summed E-state index contributed by atoms with van der Waals surface area (Å²) in [5.74, 6) is 0.131. The Balaban J connectivity index is 1.78. The van der Waals surface area contributed by atoms with Crippen LogP contribution in [0, 0.1) is 34.5 Å². The molecule has 2 saturated carbocycles. The molecule has 1 N–H and O–H groups in total. The molecular weight excluding hydrogens is 324 g/mol. The van der Waals surface area contributed by atoms with Gasteiger partial charge in [0.2, 0.25) is 0 Å². The Labute approximate surface area is 155 Å². The molecule has 3 nitrogen and oxygen atoms in total. The molecule has 0 aromatic heterocycles. The van der Waals surface area contributed by atoms with Gasteiger partial charge in [-0.3, -0.25) is 0 Å². The second-order valence-electron chi connectivity index (χ2n) is 9.23. The Morgan fingerprint density at radius 3 is 2.58 bits per heavy atom. The number of aldehydes is 1. The molecule has 138 valence electrons. The van der Waals surface area contributed by atoms with E-state index in [9.17, 15) is 14.7 Å². The van der Waals surface area contributed by atoms with Crippen molar-refractivity contribution in [2.45, 2.75) is 46.5 Å². The Hall–Kier alpha value is -1.90. The van der Waals surface area contributed by atoms with Gasteiger partial charge >= 0.3 is 5.97 Å². The molecule has 1 spiro atoms. The number of allylic oxidation sites excluding steroid dienone is 1. The Morgan fingerprint density at radius 2 is 1.96 bits per heavy atom. The van der Waals surface area contributed by atoms with Gasteiger partial charge in [0.1, 0.15) is 6.29 Å². The van der Waals surface area contributed by atoms with Crippen molar-refractivity contribution < 1.29 is 14.7 Å². The molecular formula is C23H28O3. The predicted octanol–water partition coefficient (Wildman–Crippen LogP) is 4.52. The molecule has 0 amide bonds. The quantitative estimate of drug-likeness (QED) is 0.811. The Kier molecular flexibility index (Phi) is 3.91. The highest BCUT2D eigenvalue weighted by Crippen LogP contribution is 2.74. The summed E-state index contributed by atoms with van der Waals surface area (Å²) in [5, 5.41) is 9.82. The summed E-state index contributed by atoms with van der Waals surface area (Å²) in [7, 11) is 0. The maximum Gasteiger partial charge on any atom is 0.332 e. The third-order valence-corrected chi connectivity index (χ3v) is 8.08. The predicted molar refractivity (Wildman–Crippen MR) is 101 cm³/mol. The fourth-order valence-corrected chi connectivity index (χ4v) is 7.04. The van der Waals surface area contributed by atoms with Crippen LogP contribution in [0.1, 0.15) is 45.6 Å². The average Bonchev–Trinajstić information content (AvgIpc) is 3.00. The van der Waals surface area contributed by atoms with Crippen LogP contribution in [0.4, 0.5) is 0 Å². The molecule has 26 heavy (non-hydrogen) atoms. The van der Waals surface area contributed by atoms with Gasteiger partial charge in [0, 0.05) is 16.9 Å². The number of hydrogen-bond acceptors (Lipinski definition) is 2. The monoisotopic (exact) mass is 352 g/mol. The highest BCUT2D eigenvalue weighted by Gasteiger charge is 2.68. The van der Waals surface area contributed by atoms with E-state index in [-0.39, 0.29) is 10.8 Å². The van der Waals surface area contributed by atoms with Crippen LogP contribution in [0.3, 0.4) is 0 Å². The molecule has 3 heteroatoms. The second-order valence-corrected chi connectivity index (χ2v) is 9.23. The average molecular weight is 352 g/mol. The molecule has 0 unspecified atom stereocenters. The van der Waals surface area contributed by atoms with Crippen molar-refractivity contribution in [3.8, 4) is 0 Å². The van der Waals surface area contributed by atoms with Crippen molar-refractivity contribution in [3.05, 3.63) is 47.0 Å². The van der Waals surface area contributed by atoms with Gasteiger partial charge in [-0.15, -0.1) is 0 Å². The molecule has 0 saturated heterocycles. The SMILES string of the molecule is C[C@H]1C[C@H](Cc2ccccc2)[C@H]2CC3=C(C(=O)O)[C@@H](C=O)C[C@@]31C2(C)C. The van der Waals surface area contributed by atoms with E-state index >= 15 is 0 Å². The third-order valence-electron chi connectivity index (χ3n) is 8.08. The Bertz CT molecular complexity index is 776. The zero-order chi connectivity index (χ0) is 18.7. The highest BCUT2D eigenvalue weighted by atomic mass is 16.4. The van der Waals surface area contributed by atoms with E-state index in [2.05, 4.69) is 51.1 Å². The van der Waals surface area contributed by atoms with Crippen molar-refractivity contribution in [1.29, 1.82) is 0 Å². The summed E-state index contributed by atoms with van der Waals surface area (Å²) in [6, 6.07) is 10.6. The van der Waals surface area contributed by atoms with Crippen molar-refractivity contribution in [3.63, 3.8) is 0 Å². The molecule has 4 rings (SSSR count). The number of hydrogen-bond donors (Lipinski definition) is 1. The first kappa shape index (κ1) is 17.5. The van der Waals surface area contributed by atoms with Gasteiger partial charge < -0.3 is 9.90 Å². The lowest BCUT2D eigenvalue weighted by Crippen LogP contribution is -2.49. The molecule has 3 aliphatic carbocycles. The Morgan fingerprint density at radius 1 is 1.27 bits per heavy atom. The lowest BCUT2D eigenvalue weighted by atomic mass is 9.49. The first-order chi connectivity index (χ1) is 12.3. The summed E-state index contributed by atoms with van der Waals surface area (Å²) in [5.41, 5.74) is 2.79. The van der Waals surface area contributed by atoms with Crippen molar-refractivity contribution in [1.82, 2.24) is 0 Å². The molecule has 0 radical (unpaired) electrons. The van der Waals surface area contributed by atoms with Gasteiger partial charge in [0.25, 0.3) is 0 Å². The minimum atomic E-state index is -0.885. The topological polar surface area (TPSA) is 54.4 Å². The number of rotatable bonds is 4. The fourth-order valence-electron chi connectivity index (χ4n) is 7.04. The van der Waals surface area contributed by atoms with Gasteiger partial charge in [-0.25, -0.2) is 4.79 Å². The minimum Gasteiger partial charge on any atom is -0.478 e. The normalized spacial score (nSPS) is 37.5. The number of benzene rings is 1. The minimum absolute atomic E-state index is 0.0257. The van der Waals surface area contributed by atoms with Crippen LogP contribution in [0.2, 0.25) is 0 Å². The molecule has 2 bridgehead atoms. The zero-order valence-electron chi connectivity index (χ0n) is 15.9. The summed E-state index contributed by atoms with van der Waals surface area (Å²) in [6.07, 6.45) is 4.58. The van der Waals surface area contributed by atoms with Crippen LogP contribution >= 0.6 is 0 Å². The molecule has 2 fully saturated rings. The van der Waals surface area contributed by atoms with E-state index in [1.807, 2.05) is 0 Å². The standard InChI is InChI=1S/C23H28O3/c1-14-9-16(10-15-7-5-4-6-8-15)18-11-19-20(21(25)26)17(13-24)12-23(14,19)22(18,2)3/h4-8,13-14,16-18H,9-12H2,1-3H3,(H,25,26)/t14-,16+,17+,18+,23-/m0/s1. The lowest BCUT2D eigenvalue weighted by molar-refractivity contribution is -0.134. The van der Waals surface area contributed by atoms with Crippen molar-refractivity contribution in [2.75, 3.05) is 0 Å². The summed E-state index contributed by atoms with van der Waals surface area (Å²) in [6.45, 7) is 6.93. The first-order valence-corrected chi connectivity index (χ1v) is 9.79. The number of carbonyl (C=O) groups is 2. The molecule has 0 aliphatic heterocycles. The zero-order valence-corrected chi connectivity index (χ0v) is 15.9. The van der Waals surface area contributed by atoms with Gasteiger partial charge in [0.05, 0.1) is 0 Å². The summed E-state index contributed by atoms with van der Waals surface area (Å²) >= 11 is 0. The van der Waals surface area contributed by atoms with Gasteiger partial charge in [-0.05, 0) is 54.4 Å². The second kappa shape index (κ2) is 5.80. The molecule has 3 aliphatic rings. The van der Waals surface area contributed by atoms with Crippen LogP contribution in [0.15, 0.2) is 41.5 Å². The van der Waals surface area contributed by atoms with Crippen LogP contribution < -0.4 is 0 Å². The van der Waals surface area contributed by atoms with Crippen LogP contribution in [-0.4, -0.2) is 17.4 Å². The summed E-state index contributed by atoms with van der Waals surface area (Å²) in [4.78, 5) is 23.6. The number of carboxylic acid groups (broad SMARTS) is 1. The van der Waals surface area contributed by atoms with Crippen LogP contribution in [-0.2, 0) is 16.0 Å². The van der Waals surface area contributed by atoms with E-state index in [1.165, 1.54) is 5.56 Å². The van der Waals surface area contributed by atoms with E-state index in [0.29, 0.717) is 29.7 Å². The number of carboxylic acids is 1. The van der Waals surface area contributed by atoms with Gasteiger partial charge in [-0.2, -0.15) is 0 Å². The van der Waals surface area contributed by atoms with Gasteiger partial charge in [0.15, 0.2) is 0 Å². The van der Waals surface area contributed by atoms with E-state index in [4.69, 9.17) is 0 Å². The maximum atomic E-state index is 12.0. The fraction of sp³-hybridized carbons (Fsp3) is 0.565. The molecule has 1 aromatic rings. The smallest absolute Gasteiger partial charge is 0.332 e. The van der Waals surface area contributed by atoms with Crippen LogP contribution in [0.25, 0.3) is 0 Å². The molecule has 1 aromatic carbocycles. The molecule has 0 heterocycles. The largest absolute Gasteiger partial charge is 0.478 e. The van der Waals surface area contributed by atoms with Gasteiger partial charge in [-0.1, -0.05) is 56.7 Å². The summed E-state index contributed by atoms with van der Waals surface area (Å²) < 4.78 is 0. The molecule has 5 atom stereocenters. The first-order valence-electron chi connectivity index (χ1n) is 9.79. The van der Waals surface area contributed by atoms with Crippen LogP contribution in [0.5, 0.6) is 0 Å². The number of aliphatic carboxylic acids is 1. The van der Waals surface area contributed by atoms with E-state index in [1.54, 1.807) is 0 Å². The number of carbonyl (C=O) groups excluding carboxylic acids is 1.